The van der Waals surface area contributed by atoms with Crippen LogP contribution in [0, 0.1) is 0 Å². The average Bonchev–Trinajstić information content (AvgIpc) is 2.96. The van der Waals surface area contributed by atoms with E-state index in [1.165, 1.54) is 0 Å². The monoisotopic (exact) mass is 461 g/mol. The Morgan fingerprint density at radius 3 is 2.38 bits per heavy atom. The molecule has 0 saturated carbocycles. The Labute approximate surface area is 197 Å². The van der Waals surface area contributed by atoms with E-state index in [1.54, 1.807) is 19.1 Å². The number of nitrogens with zero attached hydrogens (tertiary/aromatic N) is 3. The van der Waals surface area contributed by atoms with Crippen molar-refractivity contribution in [1.82, 2.24) is 9.88 Å². The Morgan fingerprint density at radius 1 is 1.00 bits per heavy atom. The van der Waals surface area contributed by atoms with Crippen molar-refractivity contribution in [3.63, 3.8) is 0 Å². The molecule has 1 aromatic heterocycles. The summed E-state index contributed by atoms with van der Waals surface area (Å²) >= 11 is 0. The van der Waals surface area contributed by atoms with Gasteiger partial charge in [0.15, 0.2) is 5.75 Å². The number of ether oxygens (including phenoxy) is 2. The highest BCUT2D eigenvalue weighted by molar-refractivity contribution is 6.32. The average molecular weight is 462 g/mol. The molecule has 8 nitrogen and oxygen atoms in total. The zero-order valence-corrected chi connectivity index (χ0v) is 19.3. The normalized spacial score (nSPS) is 17.3. The number of aliphatic hydroxyl groups is 1. The Hall–Kier alpha value is -3.49. The number of piperazine rings is 1. The van der Waals surface area contributed by atoms with Crippen molar-refractivity contribution in [2.75, 3.05) is 37.6 Å². The van der Waals surface area contributed by atoms with E-state index in [0.29, 0.717) is 17.5 Å². The van der Waals surface area contributed by atoms with Crippen LogP contribution in [0.25, 0.3) is 22.0 Å². The zero-order chi connectivity index (χ0) is 23.8. The van der Waals surface area contributed by atoms with Crippen LogP contribution in [-0.2, 0) is 16.0 Å². The first kappa shape index (κ1) is 22.3. The minimum Gasteiger partial charge on any atom is -0.417 e. The van der Waals surface area contributed by atoms with Gasteiger partial charge in [-0.05, 0) is 31.5 Å². The molecule has 0 bridgehead atoms. The summed E-state index contributed by atoms with van der Waals surface area (Å²) in [5.41, 5.74) is 2.21. The molecule has 2 aliphatic heterocycles. The fourth-order valence-corrected chi connectivity index (χ4v) is 4.60. The van der Waals surface area contributed by atoms with E-state index in [-0.39, 0.29) is 11.5 Å². The van der Waals surface area contributed by atoms with Crippen LogP contribution in [0.1, 0.15) is 19.4 Å². The molecule has 5 rings (SSSR count). The molecule has 176 valence electrons. The highest BCUT2D eigenvalue weighted by atomic mass is 16.6. The first-order valence-electron chi connectivity index (χ1n) is 11.6. The van der Waals surface area contributed by atoms with Crippen LogP contribution >= 0.6 is 0 Å². The molecular formula is C26H27N3O5. The quantitative estimate of drug-likeness (QED) is 0.352. The van der Waals surface area contributed by atoms with E-state index in [0.717, 1.165) is 55.1 Å². The van der Waals surface area contributed by atoms with Gasteiger partial charge in [0.2, 0.25) is 0 Å². The first-order valence-corrected chi connectivity index (χ1v) is 11.6. The number of carbonyl (C=O) groups excluding carboxylic acids is 2. The summed E-state index contributed by atoms with van der Waals surface area (Å²) in [7, 11) is 0. The number of anilines is 1. The van der Waals surface area contributed by atoms with Gasteiger partial charge in [-0.2, -0.15) is 0 Å². The highest BCUT2D eigenvalue weighted by Crippen LogP contribution is 2.45. The minimum atomic E-state index is -1.07. The van der Waals surface area contributed by atoms with Crippen molar-refractivity contribution in [3.05, 3.63) is 48.0 Å². The molecule has 1 N–H and O–H groups in total. The van der Waals surface area contributed by atoms with Gasteiger partial charge in [-0.3, -0.25) is 0 Å². The molecule has 0 amide bonds. The summed E-state index contributed by atoms with van der Waals surface area (Å²) in [6.45, 7) is 8.37. The number of likely N-dealkylation sites (N-methyl/N-ethyl adjacent to an activating group) is 1. The molecule has 2 aromatic carbocycles. The predicted molar refractivity (Wildman–Crippen MR) is 128 cm³/mol. The smallest absolute Gasteiger partial charge is 0.417 e. The van der Waals surface area contributed by atoms with Crippen LogP contribution < -0.4 is 14.4 Å². The molecular weight excluding hydrogens is 434 g/mol. The van der Waals surface area contributed by atoms with E-state index in [2.05, 4.69) is 16.7 Å². The maximum Gasteiger partial charge on any atom is 0.423 e. The van der Waals surface area contributed by atoms with E-state index >= 15 is 0 Å². The number of rotatable bonds is 5. The number of carbonyl (C=O) groups is 2. The van der Waals surface area contributed by atoms with Crippen LogP contribution in [0.15, 0.2) is 42.5 Å². The largest absolute Gasteiger partial charge is 0.423 e. The van der Waals surface area contributed by atoms with Gasteiger partial charge >= 0.3 is 11.9 Å². The number of aromatic nitrogens is 1. The van der Waals surface area contributed by atoms with Crippen LogP contribution in [0.4, 0.5) is 5.82 Å². The first-order chi connectivity index (χ1) is 16.4. The lowest BCUT2D eigenvalue weighted by Gasteiger charge is -2.35. The maximum atomic E-state index is 12.4. The highest BCUT2D eigenvalue weighted by Gasteiger charge is 2.32. The number of esters is 2. The van der Waals surface area contributed by atoms with Crippen molar-refractivity contribution in [3.8, 4) is 22.8 Å². The minimum absolute atomic E-state index is 0.223. The molecule has 0 aliphatic carbocycles. The van der Waals surface area contributed by atoms with Crippen molar-refractivity contribution in [1.29, 1.82) is 0 Å². The summed E-state index contributed by atoms with van der Waals surface area (Å²) in [4.78, 5) is 34.2. The molecule has 3 heterocycles. The second-order valence-electron chi connectivity index (χ2n) is 8.74. The van der Waals surface area contributed by atoms with Crippen LogP contribution in [0.5, 0.6) is 11.5 Å². The molecule has 1 saturated heterocycles. The summed E-state index contributed by atoms with van der Waals surface area (Å²) in [5.74, 6) is -0.851. The molecule has 34 heavy (non-hydrogen) atoms. The SMILES string of the molecule is CCN1CCN(c2nc(-c3ccc(CC(C)O)cc3)c3c4c(cccc24)OC(=O)C(=O)O3)CC1. The van der Waals surface area contributed by atoms with Crippen molar-refractivity contribution < 1.29 is 24.2 Å². The molecule has 1 atom stereocenters. The second kappa shape index (κ2) is 9.04. The van der Waals surface area contributed by atoms with Gasteiger partial charge < -0.3 is 24.4 Å². The predicted octanol–water partition coefficient (Wildman–Crippen LogP) is 2.79. The number of pyridine rings is 1. The van der Waals surface area contributed by atoms with E-state index in [4.69, 9.17) is 14.5 Å². The molecule has 1 fully saturated rings. The van der Waals surface area contributed by atoms with Crippen LogP contribution in [-0.4, -0.2) is 65.8 Å². The van der Waals surface area contributed by atoms with Gasteiger partial charge in [0.25, 0.3) is 0 Å². The molecule has 8 heteroatoms. The number of hydrogen-bond donors (Lipinski definition) is 1. The molecule has 0 radical (unpaired) electrons. The van der Waals surface area contributed by atoms with Crippen molar-refractivity contribution in [2.45, 2.75) is 26.4 Å². The Kier molecular flexibility index (Phi) is 5.93. The van der Waals surface area contributed by atoms with Gasteiger partial charge in [-0.1, -0.05) is 43.3 Å². The van der Waals surface area contributed by atoms with Gasteiger partial charge in [-0.25, -0.2) is 14.6 Å². The van der Waals surface area contributed by atoms with E-state index in [9.17, 15) is 14.7 Å². The van der Waals surface area contributed by atoms with E-state index in [1.807, 2.05) is 30.3 Å². The standard InChI is InChI=1S/C26H27N3O5/c1-3-28-11-13-29(14-12-28)24-19-5-4-6-20-21(19)23(34-26(32)25(31)33-20)22(27-24)18-9-7-17(8-10-18)15-16(2)30/h4-10,16,30H,3,11-15H2,1-2H3. The lowest BCUT2D eigenvalue weighted by molar-refractivity contribution is -0.155. The third-order valence-corrected chi connectivity index (χ3v) is 6.37. The summed E-state index contributed by atoms with van der Waals surface area (Å²) < 4.78 is 10.9. The summed E-state index contributed by atoms with van der Waals surface area (Å²) in [6.07, 6.45) is 0.0848. The molecule has 2 aliphatic rings. The van der Waals surface area contributed by atoms with Gasteiger partial charge in [0, 0.05) is 37.1 Å². The molecule has 0 spiro atoms. The topological polar surface area (TPSA) is 92.2 Å². The van der Waals surface area contributed by atoms with Gasteiger partial charge in [0.1, 0.15) is 17.3 Å². The van der Waals surface area contributed by atoms with Crippen molar-refractivity contribution >= 4 is 28.5 Å². The maximum absolute atomic E-state index is 12.4. The van der Waals surface area contributed by atoms with Crippen molar-refractivity contribution in [2.24, 2.45) is 0 Å². The Morgan fingerprint density at radius 2 is 1.71 bits per heavy atom. The third kappa shape index (κ3) is 4.10. The number of hydrogen-bond acceptors (Lipinski definition) is 8. The Balaban J connectivity index is 1.69. The fraction of sp³-hybridized carbons (Fsp3) is 0.346. The second-order valence-corrected chi connectivity index (χ2v) is 8.74. The third-order valence-electron chi connectivity index (χ3n) is 6.37. The van der Waals surface area contributed by atoms with Crippen LogP contribution in [0.3, 0.4) is 0 Å². The van der Waals surface area contributed by atoms with Crippen LogP contribution in [0.2, 0.25) is 0 Å². The fourth-order valence-electron chi connectivity index (χ4n) is 4.60. The number of aliphatic hydroxyl groups excluding tert-OH is 1. The van der Waals surface area contributed by atoms with E-state index < -0.39 is 18.0 Å². The molecule has 1 unspecified atom stereocenters. The molecule has 3 aromatic rings. The van der Waals surface area contributed by atoms with Gasteiger partial charge in [-0.15, -0.1) is 0 Å². The number of benzene rings is 2. The lowest BCUT2D eigenvalue weighted by Crippen LogP contribution is -2.46. The van der Waals surface area contributed by atoms with Gasteiger partial charge in [0.05, 0.1) is 11.5 Å². The Bertz CT molecular complexity index is 1250. The summed E-state index contributed by atoms with van der Waals surface area (Å²) in [6, 6.07) is 13.0. The zero-order valence-electron chi connectivity index (χ0n) is 19.3. The summed E-state index contributed by atoms with van der Waals surface area (Å²) in [5, 5.41) is 11.0. The lowest BCUT2D eigenvalue weighted by atomic mass is 10.0.